The number of amides is 1. The van der Waals surface area contributed by atoms with Gasteiger partial charge in [-0.15, -0.1) is 0 Å². The van der Waals surface area contributed by atoms with E-state index in [2.05, 4.69) is 10.1 Å². The molecule has 0 bridgehead atoms. The van der Waals surface area contributed by atoms with Crippen LogP contribution in [0.3, 0.4) is 0 Å². The first-order valence-electron chi connectivity index (χ1n) is 9.57. The Balaban J connectivity index is 1.69. The van der Waals surface area contributed by atoms with Crippen LogP contribution in [0.15, 0.2) is 53.1 Å². The van der Waals surface area contributed by atoms with E-state index >= 15 is 0 Å². The quantitative estimate of drug-likeness (QED) is 0.532. The van der Waals surface area contributed by atoms with Crippen molar-refractivity contribution in [2.75, 3.05) is 21.3 Å². The molecule has 0 saturated carbocycles. The largest absolute Gasteiger partial charge is 0.497 e. The Morgan fingerprint density at radius 3 is 2.53 bits per heavy atom. The minimum atomic E-state index is -0.596. The predicted molar refractivity (Wildman–Crippen MR) is 110 cm³/mol. The minimum Gasteiger partial charge on any atom is -0.497 e. The minimum absolute atomic E-state index is 0.164. The van der Waals surface area contributed by atoms with Crippen molar-refractivity contribution in [2.45, 2.75) is 26.0 Å². The van der Waals surface area contributed by atoms with Gasteiger partial charge in [-0.25, -0.2) is 0 Å². The van der Waals surface area contributed by atoms with E-state index in [9.17, 15) is 4.79 Å². The Morgan fingerprint density at radius 2 is 1.87 bits per heavy atom. The second-order valence-electron chi connectivity index (χ2n) is 6.60. The van der Waals surface area contributed by atoms with Crippen LogP contribution < -0.4 is 14.2 Å². The van der Waals surface area contributed by atoms with Crippen LogP contribution in [-0.4, -0.2) is 48.3 Å². The van der Waals surface area contributed by atoms with E-state index in [1.54, 1.807) is 39.5 Å². The van der Waals surface area contributed by atoms with Gasteiger partial charge in [-0.2, -0.15) is 4.98 Å². The zero-order chi connectivity index (χ0) is 21.5. The number of aromatic nitrogens is 2. The average molecular weight is 411 g/mol. The smallest absolute Gasteiger partial charge is 0.263 e. The number of rotatable bonds is 9. The Morgan fingerprint density at radius 1 is 1.10 bits per heavy atom. The number of hydrogen-bond donors (Lipinski definition) is 0. The molecule has 1 heterocycles. The van der Waals surface area contributed by atoms with Crippen LogP contribution in [-0.2, 0) is 11.3 Å². The van der Waals surface area contributed by atoms with Gasteiger partial charge in [-0.3, -0.25) is 4.79 Å². The van der Waals surface area contributed by atoms with Gasteiger partial charge in [0.1, 0.15) is 17.2 Å². The van der Waals surface area contributed by atoms with Gasteiger partial charge in [0.25, 0.3) is 5.91 Å². The van der Waals surface area contributed by atoms with Crippen molar-refractivity contribution in [1.82, 2.24) is 15.0 Å². The first-order chi connectivity index (χ1) is 14.5. The number of benzene rings is 2. The molecule has 0 saturated heterocycles. The molecule has 3 aromatic rings. The summed E-state index contributed by atoms with van der Waals surface area (Å²) in [6.07, 6.45) is -0.0580. The van der Waals surface area contributed by atoms with Gasteiger partial charge >= 0.3 is 0 Å². The van der Waals surface area contributed by atoms with Gasteiger partial charge in [0, 0.05) is 13.1 Å². The van der Waals surface area contributed by atoms with Crippen molar-refractivity contribution in [2.24, 2.45) is 0 Å². The van der Waals surface area contributed by atoms with Crippen LogP contribution in [0.2, 0.25) is 0 Å². The number of methoxy groups -OCH3 is 2. The lowest BCUT2D eigenvalue weighted by Gasteiger charge is -2.22. The monoisotopic (exact) mass is 411 g/mol. The Hall–Kier alpha value is -3.55. The first-order valence-corrected chi connectivity index (χ1v) is 9.57. The molecule has 30 heavy (non-hydrogen) atoms. The van der Waals surface area contributed by atoms with Gasteiger partial charge in [0.2, 0.25) is 11.7 Å². The number of ether oxygens (including phenoxy) is 3. The molecule has 158 valence electrons. The number of carbonyl (C=O) groups is 1. The van der Waals surface area contributed by atoms with Crippen LogP contribution in [0.5, 0.6) is 17.2 Å². The van der Waals surface area contributed by atoms with Gasteiger partial charge in [-0.1, -0.05) is 30.3 Å². The fourth-order valence-corrected chi connectivity index (χ4v) is 2.91. The summed E-state index contributed by atoms with van der Waals surface area (Å²) < 4.78 is 21.8. The molecule has 0 spiro atoms. The molecule has 0 unspecified atom stereocenters. The molecule has 3 rings (SSSR count). The Labute approximate surface area is 175 Å². The summed E-state index contributed by atoms with van der Waals surface area (Å²) in [4.78, 5) is 18.7. The third-order valence-electron chi connectivity index (χ3n) is 4.53. The van der Waals surface area contributed by atoms with E-state index in [4.69, 9.17) is 18.7 Å². The normalized spacial score (nSPS) is 11.6. The van der Waals surface area contributed by atoms with E-state index in [1.807, 2.05) is 37.3 Å². The van der Waals surface area contributed by atoms with Crippen molar-refractivity contribution < 1.29 is 23.5 Å². The molecule has 1 atom stereocenters. The second-order valence-corrected chi connectivity index (χ2v) is 6.60. The van der Waals surface area contributed by atoms with E-state index in [0.29, 0.717) is 40.9 Å². The summed E-state index contributed by atoms with van der Waals surface area (Å²) in [5.41, 5.74) is 0.668. The summed E-state index contributed by atoms with van der Waals surface area (Å²) in [5.74, 6) is 2.40. The SMILES string of the molecule is CC[C@@H](Oc1ccccc1)C(=O)N(C)Cc1nc(-c2ccc(OC)cc2OC)no1. The molecule has 8 heteroatoms. The van der Waals surface area contributed by atoms with Gasteiger partial charge in [0.05, 0.1) is 26.3 Å². The topological polar surface area (TPSA) is 86.9 Å². The van der Waals surface area contributed by atoms with Crippen LogP contribution >= 0.6 is 0 Å². The Kier molecular flexibility index (Phi) is 6.90. The van der Waals surface area contributed by atoms with Crippen molar-refractivity contribution >= 4 is 5.91 Å². The lowest BCUT2D eigenvalue weighted by Crippen LogP contribution is -2.39. The summed E-state index contributed by atoms with van der Waals surface area (Å²) in [6, 6.07) is 14.6. The molecule has 0 N–H and O–H groups in total. The number of hydrogen-bond acceptors (Lipinski definition) is 7. The van der Waals surface area contributed by atoms with E-state index < -0.39 is 6.10 Å². The van der Waals surface area contributed by atoms with Crippen LogP contribution in [0.1, 0.15) is 19.2 Å². The van der Waals surface area contributed by atoms with Gasteiger partial charge < -0.3 is 23.6 Å². The van der Waals surface area contributed by atoms with Crippen LogP contribution in [0.25, 0.3) is 11.4 Å². The molecular weight excluding hydrogens is 386 g/mol. The standard InChI is InChI=1S/C22H25N3O5/c1-5-18(29-15-9-7-6-8-10-15)22(26)25(2)14-20-23-21(24-30-20)17-12-11-16(27-3)13-19(17)28-4/h6-13,18H,5,14H2,1-4H3/t18-/m1/s1. The Bertz CT molecular complexity index is 974. The van der Waals surface area contributed by atoms with E-state index in [1.165, 1.54) is 4.90 Å². The zero-order valence-electron chi connectivity index (χ0n) is 17.5. The van der Waals surface area contributed by atoms with Crippen LogP contribution in [0, 0.1) is 0 Å². The highest BCUT2D eigenvalue weighted by atomic mass is 16.5. The average Bonchev–Trinajstić information content (AvgIpc) is 3.25. The molecule has 0 aliphatic carbocycles. The van der Waals surface area contributed by atoms with Crippen molar-refractivity contribution in [3.63, 3.8) is 0 Å². The maximum atomic E-state index is 12.8. The lowest BCUT2D eigenvalue weighted by molar-refractivity contribution is -0.138. The van der Waals surface area contributed by atoms with E-state index in [0.717, 1.165) is 0 Å². The number of likely N-dealkylation sites (N-methyl/N-ethyl adjacent to an activating group) is 1. The summed E-state index contributed by atoms with van der Waals surface area (Å²) in [5, 5.41) is 4.02. The van der Waals surface area contributed by atoms with Crippen molar-refractivity contribution in [3.8, 4) is 28.6 Å². The maximum absolute atomic E-state index is 12.8. The summed E-state index contributed by atoms with van der Waals surface area (Å²) in [7, 11) is 4.82. The molecule has 2 aromatic carbocycles. The zero-order valence-corrected chi connectivity index (χ0v) is 17.5. The highest BCUT2D eigenvalue weighted by Gasteiger charge is 2.24. The summed E-state index contributed by atoms with van der Waals surface area (Å²) in [6.45, 7) is 2.07. The number of nitrogens with zero attached hydrogens (tertiary/aromatic N) is 3. The first kappa shape index (κ1) is 21.2. The molecule has 1 amide bonds. The molecule has 0 radical (unpaired) electrons. The highest BCUT2D eigenvalue weighted by molar-refractivity contribution is 5.81. The molecule has 1 aromatic heterocycles. The molecular formula is C22H25N3O5. The van der Waals surface area contributed by atoms with Crippen molar-refractivity contribution in [3.05, 3.63) is 54.4 Å². The van der Waals surface area contributed by atoms with Crippen LogP contribution in [0.4, 0.5) is 0 Å². The maximum Gasteiger partial charge on any atom is 0.263 e. The van der Waals surface area contributed by atoms with Crippen molar-refractivity contribution in [1.29, 1.82) is 0 Å². The fourth-order valence-electron chi connectivity index (χ4n) is 2.91. The van der Waals surface area contributed by atoms with Gasteiger partial charge in [0.15, 0.2) is 6.10 Å². The third kappa shape index (κ3) is 4.89. The second kappa shape index (κ2) is 9.78. The van der Waals surface area contributed by atoms with Gasteiger partial charge in [-0.05, 0) is 30.7 Å². The molecule has 0 aliphatic heterocycles. The molecule has 0 fully saturated rings. The number of para-hydroxylation sites is 1. The fraction of sp³-hybridized carbons (Fsp3) is 0.318. The molecule has 8 nitrogen and oxygen atoms in total. The highest BCUT2D eigenvalue weighted by Crippen LogP contribution is 2.31. The number of carbonyl (C=O) groups excluding carboxylic acids is 1. The molecule has 0 aliphatic rings. The predicted octanol–water partition coefficient (Wildman–Crippen LogP) is 3.57. The van der Waals surface area contributed by atoms with E-state index in [-0.39, 0.29) is 12.5 Å². The summed E-state index contributed by atoms with van der Waals surface area (Å²) >= 11 is 0. The third-order valence-corrected chi connectivity index (χ3v) is 4.53. The lowest BCUT2D eigenvalue weighted by atomic mass is 10.2.